The number of likely N-dealkylation sites (tertiary alicyclic amines) is 1. The molecule has 1 aliphatic heterocycles. The summed E-state index contributed by atoms with van der Waals surface area (Å²) in [6.07, 6.45) is 1.91. The Kier molecular flexibility index (Phi) is 6.55. The van der Waals surface area contributed by atoms with E-state index in [1.165, 1.54) is 5.56 Å². The molecule has 0 saturated carbocycles. The van der Waals surface area contributed by atoms with E-state index >= 15 is 0 Å². The summed E-state index contributed by atoms with van der Waals surface area (Å²) in [7, 11) is 3.39. The van der Waals surface area contributed by atoms with Gasteiger partial charge in [0.15, 0.2) is 0 Å². The lowest BCUT2D eigenvalue weighted by Crippen LogP contribution is -2.42. The molecule has 0 radical (unpaired) electrons. The van der Waals surface area contributed by atoms with Crippen molar-refractivity contribution in [3.63, 3.8) is 0 Å². The number of ether oxygens (including phenoxy) is 2. The van der Waals surface area contributed by atoms with Crippen LogP contribution in [0.5, 0.6) is 11.5 Å². The zero-order valence-electron chi connectivity index (χ0n) is 18.7. The van der Waals surface area contributed by atoms with Gasteiger partial charge in [0, 0.05) is 17.7 Å². The number of piperidine rings is 1. The molecule has 1 atom stereocenters. The predicted octanol–water partition coefficient (Wildman–Crippen LogP) is 4.75. The van der Waals surface area contributed by atoms with Gasteiger partial charge in [0.25, 0.3) is 0 Å². The second kappa shape index (κ2) is 8.76. The molecule has 158 valence electrons. The van der Waals surface area contributed by atoms with Crippen molar-refractivity contribution in [3.8, 4) is 11.5 Å². The Bertz CT molecular complexity index is 837. The van der Waals surface area contributed by atoms with Crippen LogP contribution in [0.4, 0.5) is 0 Å². The Balaban J connectivity index is 1.84. The van der Waals surface area contributed by atoms with Crippen LogP contribution in [0.15, 0.2) is 30.3 Å². The van der Waals surface area contributed by atoms with E-state index in [2.05, 4.69) is 35.2 Å². The van der Waals surface area contributed by atoms with Crippen LogP contribution in [-0.4, -0.2) is 37.3 Å². The Labute approximate surface area is 175 Å². The average molecular weight is 398 g/mol. The molecule has 1 fully saturated rings. The van der Waals surface area contributed by atoms with Crippen LogP contribution in [0.3, 0.4) is 0 Å². The van der Waals surface area contributed by atoms with Crippen molar-refractivity contribution in [2.75, 3.05) is 27.3 Å². The summed E-state index contributed by atoms with van der Waals surface area (Å²) >= 11 is 0. The van der Waals surface area contributed by atoms with Gasteiger partial charge in [-0.05, 0) is 76.2 Å². The van der Waals surface area contributed by atoms with Crippen LogP contribution in [0, 0.1) is 26.7 Å². The molecular formula is C25H35NO3. The fraction of sp³-hybridized carbons (Fsp3) is 0.520. The monoisotopic (exact) mass is 397 g/mol. The van der Waals surface area contributed by atoms with Crippen molar-refractivity contribution >= 4 is 0 Å². The number of benzene rings is 2. The van der Waals surface area contributed by atoms with Crippen molar-refractivity contribution in [2.24, 2.45) is 5.92 Å². The van der Waals surface area contributed by atoms with Gasteiger partial charge in [-0.2, -0.15) is 0 Å². The van der Waals surface area contributed by atoms with Gasteiger partial charge in [-0.15, -0.1) is 0 Å². The minimum Gasteiger partial charge on any atom is -0.496 e. The van der Waals surface area contributed by atoms with Gasteiger partial charge in [0.2, 0.25) is 0 Å². The van der Waals surface area contributed by atoms with E-state index in [-0.39, 0.29) is 5.92 Å². The molecule has 1 unspecified atom stereocenters. The van der Waals surface area contributed by atoms with Gasteiger partial charge in [0.05, 0.1) is 19.8 Å². The summed E-state index contributed by atoms with van der Waals surface area (Å²) in [5.41, 5.74) is 4.32. The maximum Gasteiger partial charge on any atom is 0.128 e. The SMILES string of the molecule is COc1c(C)c(C)c(OC)c(C(C)(O)C2CCN(Cc3ccccc3)CC2)c1C. The maximum atomic E-state index is 11.8. The van der Waals surface area contributed by atoms with Crippen LogP contribution in [0.1, 0.15) is 47.6 Å². The summed E-state index contributed by atoms with van der Waals surface area (Å²) in [4.78, 5) is 2.48. The Morgan fingerprint density at radius 3 is 2.03 bits per heavy atom. The molecule has 1 N–H and O–H groups in total. The van der Waals surface area contributed by atoms with Gasteiger partial charge >= 0.3 is 0 Å². The van der Waals surface area contributed by atoms with E-state index < -0.39 is 5.60 Å². The zero-order valence-corrected chi connectivity index (χ0v) is 18.7. The second-order valence-corrected chi connectivity index (χ2v) is 8.50. The lowest BCUT2D eigenvalue weighted by atomic mass is 9.74. The third-order valence-electron chi connectivity index (χ3n) is 6.73. The Hall–Kier alpha value is -2.04. The maximum absolute atomic E-state index is 11.8. The minimum atomic E-state index is -0.972. The van der Waals surface area contributed by atoms with Crippen molar-refractivity contribution < 1.29 is 14.6 Å². The molecule has 1 aliphatic rings. The summed E-state index contributed by atoms with van der Waals surface area (Å²) in [6.45, 7) is 11.0. The molecular weight excluding hydrogens is 362 g/mol. The molecule has 3 rings (SSSR count). The van der Waals surface area contributed by atoms with Crippen LogP contribution < -0.4 is 9.47 Å². The highest BCUT2D eigenvalue weighted by Gasteiger charge is 2.40. The average Bonchev–Trinajstić information content (AvgIpc) is 2.72. The molecule has 4 nitrogen and oxygen atoms in total. The molecule has 0 amide bonds. The number of aliphatic hydroxyl groups is 1. The number of hydrogen-bond donors (Lipinski definition) is 1. The second-order valence-electron chi connectivity index (χ2n) is 8.50. The van der Waals surface area contributed by atoms with Crippen LogP contribution in [0.25, 0.3) is 0 Å². The number of nitrogens with zero attached hydrogens (tertiary/aromatic N) is 1. The van der Waals surface area contributed by atoms with E-state index in [0.717, 1.165) is 66.2 Å². The van der Waals surface area contributed by atoms with Crippen LogP contribution in [-0.2, 0) is 12.1 Å². The third kappa shape index (κ3) is 4.15. The highest BCUT2D eigenvalue weighted by atomic mass is 16.5. The van der Waals surface area contributed by atoms with Gasteiger partial charge in [0.1, 0.15) is 11.5 Å². The lowest BCUT2D eigenvalue weighted by Gasteiger charge is -2.41. The van der Waals surface area contributed by atoms with Crippen molar-refractivity contribution in [3.05, 3.63) is 58.1 Å². The van der Waals surface area contributed by atoms with Crippen molar-refractivity contribution in [1.29, 1.82) is 0 Å². The quantitative estimate of drug-likeness (QED) is 0.764. The topological polar surface area (TPSA) is 41.9 Å². The first kappa shape index (κ1) is 21.7. The lowest BCUT2D eigenvalue weighted by molar-refractivity contribution is -0.0360. The molecule has 0 aromatic heterocycles. The van der Waals surface area contributed by atoms with Crippen molar-refractivity contribution in [2.45, 2.75) is 52.7 Å². The summed E-state index contributed by atoms with van der Waals surface area (Å²) in [6, 6.07) is 10.6. The summed E-state index contributed by atoms with van der Waals surface area (Å²) in [5, 5.41) is 11.8. The first-order valence-electron chi connectivity index (χ1n) is 10.5. The van der Waals surface area contributed by atoms with Crippen LogP contribution in [0.2, 0.25) is 0 Å². The number of hydrogen-bond acceptors (Lipinski definition) is 4. The summed E-state index contributed by atoms with van der Waals surface area (Å²) in [5.74, 6) is 1.81. The van der Waals surface area contributed by atoms with Gasteiger partial charge < -0.3 is 14.6 Å². The van der Waals surface area contributed by atoms with Gasteiger partial charge in [-0.3, -0.25) is 4.90 Å². The largest absolute Gasteiger partial charge is 0.496 e. The number of rotatable bonds is 6. The normalized spacial score (nSPS) is 17.8. The van der Waals surface area contributed by atoms with Crippen LogP contribution >= 0.6 is 0 Å². The molecule has 1 saturated heterocycles. The fourth-order valence-electron chi connectivity index (χ4n) is 4.96. The smallest absolute Gasteiger partial charge is 0.128 e. The molecule has 1 heterocycles. The standard InChI is InChI=1S/C25H35NO3/c1-17-18(2)24(29-6)22(19(3)23(17)28-5)25(4,27)21-12-14-26(15-13-21)16-20-10-8-7-9-11-20/h7-11,21,27H,12-16H2,1-6H3. The third-order valence-corrected chi connectivity index (χ3v) is 6.73. The highest BCUT2D eigenvalue weighted by Crippen LogP contribution is 2.47. The van der Waals surface area contributed by atoms with E-state index in [4.69, 9.17) is 9.47 Å². The van der Waals surface area contributed by atoms with Gasteiger partial charge in [-0.25, -0.2) is 0 Å². The first-order valence-corrected chi connectivity index (χ1v) is 10.5. The Morgan fingerprint density at radius 2 is 1.48 bits per heavy atom. The first-order chi connectivity index (χ1) is 13.8. The van der Waals surface area contributed by atoms with E-state index in [1.807, 2.05) is 27.7 Å². The van der Waals surface area contributed by atoms with E-state index in [1.54, 1.807) is 14.2 Å². The summed E-state index contributed by atoms with van der Waals surface area (Å²) < 4.78 is 11.5. The molecule has 0 aliphatic carbocycles. The molecule has 0 spiro atoms. The minimum absolute atomic E-state index is 0.175. The fourth-order valence-corrected chi connectivity index (χ4v) is 4.96. The molecule has 0 bridgehead atoms. The molecule has 29 heavy (non-hydrogen) atoms. The van der Waals surface area contributed by atoms with Crippen molar-refractivity contribution in [1.82, 2.24) is 4.90 Å². The Morgan fingerprint density at radius 1 is 0.931 bits per heavy atom. The molecule has 2 aromatic rings. The molecule has 2 aromatic carbocycles. The van der Waals surface area contributed by atoms with Gasteiger partial charge in [-0.1, -0.05) is 30.3 Å². The van der Waals surface area contributed by atoms with E-state index in [0.29, 0.717) is 0 Å². The molecule has 4 heteroatoms. The zero-order chi connectivity index (χ0) is 21.2. The van der Waals surface area contributed by atoms with E-state index in [9.17, 15) is 5.11 Å². The number of methoxy groups -OCH3 is 2. The highest BCUT2D eigenvalue weighted by molar-refractivity contribution is 5.60. The predicted molar refractivity (Wildman–Crippen MR) is 118 cm³/mol.